The molecule has 24 heavy (non-hydrogen) atoms. The van der Waals surface area contributed by atoms with Crippen molar-refractivity contribution in [1.82, 2.24) is 4.98 Å². The van der Waals surface area contributed by atoms with Gasteiger partial charge < -0.3 is 4.65 Å². The summed E-state index contributed by atoms with van der Waals surface area (Å²) >= 11 is 0. The molecule has 0 N–H and O–H groups in total. The summed E-state index contributed by atoms with van der Waals surface area (Å²) in [6, 6.07) is 10.5. The first kappa shape index (κ1) is 16.0. The lowest BCUT2D eigenvalue weighted by atomic mass is 9.42. The third kappa shape index (κ3) is 3.45. The zero-order valence-corrected chi connectivity index (χ0v) is 14.6. The van der Waals surface area contributed by atoms with E-state index in [0.717, 1.165) is 22.9 Å². The van der Waals surface area contributed by atoms with Gasteiger partial charge in [0.2, 0.25) is 0 Å². The summed E-state index contributed by atoms with van der Waals surface area (Å²) < 4.78 is 6.74. The minimum Gasteiger partial charge on any atom is -0.559 e. The molecule has 2 saturated carbocycles. The van der Waals surface area contributed by atoms with Gasteiger partial charge in [-0.05, 0) is 23.8 Å². The normalized spacial score (nSPS) is 20.2. The molecule has 3 heteroatoms. The first-order valence-corrected chi connectivity index (χ1v) is 9.92. The average molecular weight is 321 g/mol. The number of benzene rings is 1. The Morgan fingerprint density at radius 1 is 0.792 bits per heavy atom. The molecule has 0 radical (unpaired) electrons. The molecule has 2 aliphatic rings. The summed E-state index contributed by atoms with van der Waals surface area (Å²) in [4.78, 5) is 4.60. The van der Waals surface area contributed by atoms with Crippen molar-refractivity contribution in [1.29, 1.82) is 0 Å². The fourth-order valence-corrected chi connectivity index (χ4v) is 4.82. The van der Waals surface area contributed by atoms with Gasteiger partial charge >= 0.3 is 6.92 Å². The van der Waals surface area contributed by atoms with Crippen LogP contribution in [0.5, 0.6) is 5.75 Å². The molecule has 126 valence electrons. The van der Waals surface area contributed by atoms with E-state index in [2.05, 4.69) is 29.2 Å². The van der Waals surface area contributed by atoms with E-state index in [0.29, 0.717) is 6.92 Å². The van der Waals surface area contributed by atoms with Crippen LogP contribution in [0, 0.1) is 0 Å². The molecule has 1 heterocycles. The van der Waals surface area contributed by atoms with Crippen molar-refractivity contribution in [2.75, 3.05) is 0 Å². The van der Waals surface area contributed by atoms with Crippen molar-refractivity contribution in [3.63, 3.8) is 0 Å². The Morgan fingerprint density at radius 2 is 1.42 bits per heavy atom. The quantitative estimate of drug-likeness (QED) is 0.619. The summed E-state index contributed by atoms with van der Waals surface area (Å²) in [5, 5.41) is 1.18. The second-order valence-electron chi connectivity index (χ2n) is 7.71. The number of para-hydroxylation sites is 1. The van der Waals surface area contributed by atoms with Gasteiger partial charge in [0.15, 0.2) is 0 Å². The van der Waals surface area contributed by atoms with E-state index in [-0.39, 0.29) is 0 Å². The lowest BCUT2D eigenvalue weighted by Crippen LogP contribution is -2.36. The van der Waals surface area contributed by atoms with Crippen molar-refractivity contribution >= 4 is 17.8 Å². The molecule has 1 aromatic carbocycles. The van der Waals surface area contributed by atoms with Crippen molar-refractivity contribution in [3.8, 4) is 5.75 Å². The summed E-state index contributed by atoms with van der Waals surface area (Å²) in [5.74, 6) is 2.47. The Balaban J connectivity index is 1.62. The van der Waals surface area contributed by atoms with Gasteiger partial charge in [-0.25, -0.2) is 0 Å². The maximum absolute atomic E-state index is 6.74. The van der Waals surface area contributed by atoms with Crippen LogP contribution in [0.15, 0.2) is 36.5 Å². The Morgan fingerprint density at radius 3 is 2.08 bits per heavy atom. The third-order valence-electron chi connectivity index (χ3n) is 6.09. The molecule has 4 rings (SSSR count). The summed E-state index contributed by atoms with van der Waals surface area (Å²) in [6.45, 7) is 0.387. The molecule has 1 aromatic heterocycles. The monoisotopic (exact) mass is 321 g/mol. The van der Waals surface area contributed by atoms with E-state index < -0.39 is 0 Å². The minimum atomic E-state index is 0.387. The molecule has 0 spiro atoms. The molecule has 0 atom stereocenters. The zero-order chi connectivity index (χ0) is 16.2. The van der Waals surface area contributed by atoms with E-state index in [1.54, 1.807) is 0 Å². The SMILES string of the molecule is c1cnc2c(OB(C3CCCCC3)C3CCCCC3)cccc2c1. The van der Waals surface area contributed by atoms with Crippen LogP contribution in [0.2, 0.25) is 11.6 Å². The lowest BCUT2D eigenvalue weighted by molar-refractivity contribution is 0.408. The Hall–Kier alpha value is -1.51. The summed E-state index contributed by atoms with van der Waals surface area (Å²) in [5.41, 5.74) is 1.02. The van der Waals surface area contributed by atoms with Crippen molar-refractivity contribution in [2.24, 2.45) is 0 Å². The van der Waals surface area contributed by atoms with Crippen LogP contribution in [0.1, 0.15) is 64.2 Å². The lowest BCUT2D eigenvalue weighted by Gasteiger charge is -2.34. The smallest absolute Gasteiger partial charge is 0.364 e. The number of fused-ring (bicyclic) bond motifs is 1. The highest BCUT2D eigenvalue weighted by molar-refractivity contribution is 6.56. The maximum atomic E-state index is 6.74. The number of aromatic nitrogens is 1. The van der Waals surface area contributed by atoms with Crippen LogP contribution in [0.4, 0.5) is 0 Å². The minimum absolute atomic E-state index is 0.387. The van der Waals surface area contributed by atoms with E-state index in [9.17, 15) is 0 Å². The number of pyridine rings is 1. The largest absolute Gasteiger partial charge is 0.559 e. The third-order valence-corrected chi connectivity index (χ3v) is 6.09. The average Bonchev–Trinajstić information content (AvgIpc) is 2.67. The number of nitrogens with zero attached hydrogens (tertiary/aromatic N) is 1. The van der Waals surface area contributed by atoms with Gasteiger partial charge in [-0.1, -0.05) is 82.4 Å². The van der Waals surface area contributed by atoms with E-state index in [1.807, 2.05) is 12.3 Å². The van der Waals surface area contributed by atoms with Gasteiger partial charge in [0, 0.05) is 11.6 Å². The molecule has 2 aliphatic carbocycles. The topological polar surface area (TPSA) is 22.1 Å². The van der Waals surface area contributed by atoms with Crippen LogP contribution in [-0.2, 0) is 0 Å². The molecule has 2 fully saturated rings. The van der Waals surface area contributed by atoms with Crippen LogP contribution in [0.25, 0.3) is 10.9 Å². The van der Waals surface area contributed by atoms with Crippen molar-refractivity contribution in [3.05, 3.63) is 36.5 Å². The molecule has 0 amide bonds. The second-order valence-corrected chi connectivity index (χ2v) is 7.71. The Labute approximate surface area is 146 Å². The molecular weight excluding hydrogens is 293 g/mol. The molecular formula is C21H28BNO. The van der Waals surface area contributed by atoms with Crippen molar-refractivity contribution in [2.45, 2.75) is 75.8 Å². The van der Waals surface area contributed by atoms with Gasteiger partial charge in [0.05, 0.1) is 0 Å². The first-order chi connectivity index (χ1) is 11.9. The van der Waals surface area contributed by atoms with Gasteiger partial charge in [-0.2, -0.15) is 0 Å². The standard InChI is InChI=1S/C21H28BNO/c1-3-11-18(12-4-1)22(19-13-5-2-6-14-19)24-20-15-7-9-17-10-8-16-23-21(17)20/h7-10,15-16,18-19H,1-6,11-14H2. The van der Waals surface area contributed by atoms with Gasteiger partial charge in [-0.15, -0.1) is 0 Å². The number of rotatable bonds is 4. The zero-order valence-electron chi connectivity index (χ0n) is 14.6. The Kier molecular flexibility index (Phi) is 5.06. The highest BCUT2D eigenvalue weighted by atomic mass is 16.4. The van der Waals surface area contributed by atoms with Crippen LogP contribution < -0.4 is 4.65 Å². The van der Waals surface area contributed by atoms with Crippen LogP contribution in [-0.4, -0.2) is 11.9 Å². The predicted octanol–water partition coefficient (Wildman–Crippen LogP) is 6.27. The predicted molar refractivity (Wildman–Crippen MR) is 102 cm³/mol. The Bertz CT molecular complexity index is 638. The molecule has 2 nitrogen and oxygen atoms in total. The number of hydrogen-bond donors (Lipinski definition) is 0. The maximum Gasteiger partial charge on any atom is 0.364 e. The van der Waals surface area contributed by atoms with Crippen LogP contribution in [0.3, 0.4) is 0 Å². The molecule has 2 aromatic rings. The molecule has 0 aliphatic heterocycles. The fourth-order valence-electron chi connectivity index (χ4n) is 4.82. The highest BCUT2D eigenvalue weighted by Gasteiger charge is 2.38. The van der Waals surface area contributed by atoms with E-state index in [4.69, 9.17) is 4.65 Å². The van der Waals surface area contributed by atoms with Crippen LogP contribution >= 0.6 is 0 Å². The van der Waals surface area contributed by atoms with Crippen molar-refractivity contribution < 1.29 is 4.65 Å². The van der Waals surface area contributed by atoms with E-state index >= 15 is 0 Å². The van der Waals surface area contributed by atoms with E-state index in [1.165, 1.54) is 69.6 Å². The fraction of sp³-hybridized carbons (Fsp3) is 0.571. The molecule has 0 unspecified atom stereocenters. The molecule has 0 saturated heterocycles. The van der Waals surface area contributed by atoms with Gasteiger partial charge in [0.25, 0.3) is 0 Å². The summed E-state index contributed by atoms with van der Waals surface area (Å²) in [7, 11) is 0. The summed E-state index contributed by atoms with van der Waals surface area (Å²) in [6.07, 6.45) is 15.6. The first-order valence-electron chi connectivity index (χ1n) is 9.92. The highest BCUT2D eigenvalue weighted by Crippen LogP contribution is 2.42. The second kappa shape index (κ2) is 7.59. The van der Waals surface area contributed by atoms with Gasteiger partial charge in [0.1, 0.15) is 11.3 Å². The number of hydrogen-bond acceptors (Lipinski definition) is 2. The molecule has 0 bridgehead atoms. The van der Waals surface area contributed by atoms with Gasteiger partial charge in [-0.3, -0.25) is 4.98 Å².